The standard InChI is InChI=1S/C13H18N2O5/c1-3-19-12(16)9-15-13(17)10-4-5-14-11(8-10)20-7-6-18-2/h4-5,8H,3,6-7,9H2,1-2H3,(H,15,17). The topological polar surface area (TPSA) is 86.8 Å². The lowest BCUT2D eigenvalue weighted by atomic mass is 10.2. The number of amides is 1. The first-order chi connectivity index (χ1) is 9.67. The highest BCUT2D eigenvalue weighted by Crippen LogP contribution is 2.09. The third-order valence-corrected chi connectivity index (χ3v) is 2.23. The molecule has 0 aliphatic carbocycles. The first kappa shape index (κ1) is 15.9. The molecule has 1 rings (SSSR count). The van der Waals surface area contributed by atoms with Crippen LogP contribution in [-0.2, 0) is 14.3 Å². The Hall–Kier alpha value is -2.15. The van der Waals surface area contributed by atoms with Crippen molar-refractivity contribution in [3.8, 4) is 5.88 Å². The average molecular weight is 282 g/mol. The van der Waals surface area contributed by atoms with E-state index in [9.17, 15) is 9.59 Å². The third-order valence-electron chi connectivity index (χ3n) is 2.23. The van der Waals surface area contributed by atoms with Gasteiger partial charge in [0, 0.05) is 24.9 Å². The van der Waals surface area contributed by atoms with Crippen molar-refractivity contribution in [2.24, 2.45) is 0 Å². The second-order valence-corrected chi connectivity index (χ2v) is 3.71. The van der Waals surface area contributed by atoms with Crippen LogP contribution in [0, 0.1) is 0 Å². The first-order valence-corrected chi connectivity index (χ1v) is 6.19. The fourth-order valence-electron chi connectivity index (χ4n) is 1.33. The normalized spacial score (nSPS) is 9.90. The minimum Gasteiger partial charge on any atom is -0.475 e. The summed E-state index contributed by atoms with van der Waals surface area (Å²) in [6, 6.07) is 3.03. The number of nitrogens with zero attached hydrogens (tertiary/aromatic N) is 1. The predicted octanol–water partition coefficient (Wildman–Crippen LogP) is 0.400. The van der Waals surface area contributed by atoms with E-state index in [-0.39, 0.29) is 13.2 Å². The van der Waals surface area contributed by atoms with Crippen molar-refractivity contribution in [2.45, 2.75) is 6.92 Å². The van der Waals surface area contributed by atoms with Gasteiger partial charge >= 0.3 is 5.97 Å². The third kappa shape index (κ3) is 5.66. The molecule has 0 radical (unpaired) electrons. The Morgan fingerprint density at radius 1 is 1.35 bits per heavy atom. The van der Waals surface area contributed by atoms with Crippen molar-refractivity contribution < 1.29 is 23.8 Å². The average Bonchev–Trinajstić information content (AvgIpc) is 2.46. The number of ether oxygens (including phenoxy) is 3. The molecule has 0 aliphatic rings. The summed E-state index contributed by atoms with van der Waals surface area (Å²) in [4.78, 5) is 26.9. The summed E-state index contributed by atoms with van der Waals surface area (Å²) in [5, 5.41) is 2.46. The number of hydrogen-bond acceptors (Lipinski definition) is 6. The number of aromatic nitrogens is 1. The van der Waals surface area contributed by atoms with Gasteiger partial charge in [-0.2, -0.15) is 0 Å². The monoisotopic (exact) mass is 282 g/mol. The van der Waals surface area contributed by atoms with E-state index in [0.29, 0.717) is 24.7 Å². The summed E-state index contributed by atoms with van der Waals surface area (Å²) in [6.45, 7) is 2.58. The summed E-state index contributed by atoms with van der Waals surface area (Å²) >= 11 is 0. The molecule has 0 atom stereocenters. The Morgan fingerprint density at radius 2 is 2.15 bits per heavy atom. The summed E-state index contributed by atoms with van der Waals surface area (Å²) in [7, 11) is 1.57. The Labute approximate surface area is 117 Å². The van der Waals surface area contributed by atoms with Crippen LogP contribution in [0.15, 0.2) is 18.3 Å². The molecule has 20 heavy (non-hydrogen) atoms. The van der Waals surface area contributed by atoms with E-state index < -0.39 is 11.9 Å². The largest absolute Gasteiger partial charge is 0.475 e. The Kier molecular flexibility index (Phi) is 7.05. The molecular weight excluding hydrogens is 264 g/mol. The quantitative estimate of drug-likeness (QED) is 0.548. The second-order valence-electron chi connectivity index (χ2n) is 3.71. The van der Waals surface area contributed by atoms with Gasteiger partial charge in [0.2, 0.25) is 5.88 Å². The molecule has 110 valence electrons. The molecule has 1 N–H and O–H groups in total. The molecule has 1 heterocycles. The number of esters is 1. The fourth-order valence-corrected chi connectivity index (χ4v) is 1.33. The molecule has 0 saturated heterocycles. The lowest BCUT2D eigenvalue weighted by Gasteiger charge is -2.07. The van der Waals surface area contributed by atoms with Crippen LogP contribution in [0.25, 0.3) is 0 Å². The van der Waals surface area contributed by atoms with E-state index in [4.69, 9.17) is 14.2 Å². The molecular formula is C13H18N2O5. The number of pyridine rings is 1. The van der Waals surface area contributed by atoms with Crippen molar-refractivity contribution in [3.63, 3.8) is 0 Å². The fraction of sp³-hybridized carbons (Fsp3) is 0.462. The van der Waals surface area contributed by atoms with Crippen LogP contribution in [0.3, 0.4) is 0 Å². The zero-order valence-electron chi connectivity index (χ0n) is 11.5. The van der Waals surface area contributed by atoms with Gasteiger partial charge in [-0.3, -0.25) is 9.59 Å². The number of carbonyl (C=O) groups excluding carboxylic acids is 2. The molecule has 7 heteroatoms. The van der Waals surface area contributed by atoms with Gasteiger partial charge in [-0.1, -0.05) is 0 Å². The summed E-state index contributed by atoms with van der Waals surface area (Å²) in [5.41, 5.74) is 0.358. The maximum atomic E-state index is 11.8. The van der Waals surface area contributed by atoms with E-state index in [1.165, 1.54) is 18.3 Å². The molecule has 1 aromatic heterocycles. The summed E-state index contributed by atoms with van der Waals surface area (Å²) in [6.07, 6.45) is 1.46. The molecule has 0 bridgehead atoms. The Bertz CT molecular complexity index is 450. The maximum absolute atomic E-state index is 11.8. The van der Waals surface area contributed by atoms with Crippen LogP contribution in [0.5, 0.6) is 5.88 Å². The van der Waals surface area contributed by atoms with Crippen LogP contribution in [0.4, 0.5) is 0 Å². The van der Waals surface area contributed by atoms with Crippen LogP contribution >= 0.6 is 0 Å². The summed E-state index contributed by atoms with van der Waals surface area (Å²) < 4.78 is 14.9. The Morgan fingerprint density at radius 3 is 2.85 bits per heavy atom. The lowest BCUT2D eigenvalue weighted by Crippen LogP contribution is -2.30. The van der Waals surface area contributed by atoms with E-state index >= 15 is 0 Å². The smallest absolute Gasteiger partial charge is 0.325 e. The zero-order chi connectivity index (χ0) is 14.8. The molecule has 7 nitrogen and oxygen atoms in total. The highest BCUT2D eigenvalue weighted by molar-refractivity contribution is 5.96. The van der Waals surface area contributed by atoms with Crippen LogP contribution in [0.1, 0.15) is 17.3 Å². The van der Waals surface area contributed by atoms with Crippen molar-refractivity contribution in [3.05, 3.63) is 23.9 Å². The second kappa shape index (κ2) is 8.87. The highest BCUT2D eigenvalue weighted by atomic mass is 16.5. The Balaban J connectivity index is 2.51. The molecule has 0 saturated carbocycles. The molecule has 1 aromatic rings. The van der Waals surface area contributed by atoms with Gasteiger partial charge in [-0.25, -0.2) is 4.98 Å². The SMILES string of the molecule is CCOC(=O)CNC(=O)c1ccnc(OCCOC)c1. The highest BCUT2D eigenvalue weighted by Gasteiger charge is 2.09. The number of hydrogen-bond donors (Lipinski definition) is 1. The molecule has 0 fully saturated rings. The van der Waals surface area contributed by atoms with Crippen LogP contribution in [0.2, 0.25) is 0 Å². The number of nitrogens with one attached hydrogen (secondary N) is 1. The van der Waals surface area contributed by atoms with Gasteiger partial charge in [-0.15, -0.1) is 0 Å². The maximum Gasteiger partial charge on any atom is 0.325 e. The molecule has 0 aliphatic heterocycles. The predicted molar refractivity (Wildman–Crippen MR) is 70.6 cm³/mol. The van der Waals surface area contributed by atoms with Gasteiger partial charge in [0.1, 0.15) is 13.2 Å². The van der Waals surface area contributed by atoms with E-state index in [0.717, 1.165) is 0 Å². The van der Waals surface area contributed by atoms with Crippen molar-refractivity contribution in [2.75, 3.05) is 33.5 Å². The molecule has 0 aromatic carbocycles. The van der Waals surface area contributed by atoms with Gasteiger partial charge in [0.15, 0.2) is 0 Å². The van der Waals surface area contributed by atoms with Crippen molar-refractivity contribution in [1.82, 2.24) is 10.3 Å². The first-order valence-electron chi connectivity index (χ1n) is 6.19. The number of carbonyl (C=O) groups is 2. The minimum atomic E-state index is -0.480. The van der Waals surface area contributed by atoms with Gasteiger partial charge in [-0.05, 0) is 13.0 Å². The van der Waals surface area contributed by atoms with Crippen LogP contribution in [-0.4, -0.2) is 50.3 Å². The van der Waals surface area contributed by atoms with E-state index in [1.807, 2.05) is 0 Å². The zero-order valence-corrected chi connectivity index (χ0v) is 11.5. The molecule has 1 amide bonds. The van der Waals surface area contributed by atoms with Crippen molar-refractivity contribution in [1.29, 1.82) is 0 Å². The number of methoxy groups -OCH3 is 1. The van der Waals surface area contributed by atoms with Gasteiger partial charge < -0.3 is 19.5 Å². The number of rotatable bonds is 8. The molecule has 0 spiro atoms. The van der Waals surface area contributed by atoms with E-state index in [1.54, 1.807) is 14.0 Å². The van der Waals surface area contributed by atoms with Gasteiger partial charge in [0.05, 0.1) is 13.2 Å². The lowest BCUT2D eigenvalue weighted by molar-refractivity contribution is -0.141. The van der Waals surface area contributed by atoms with Crippen LogP contribution < -0.4 is 10.1 Å². The van der Waals surface area contributed by atoms with E-state index in [2.05, 4.69) is 10.3 Å². The minimum absolute atomic E-state index is 0.172. The van der Waals surface area contributed by atoms with Crippen molar-refractivity contribution >= 4 is 11.9 Å². The summed E-state index contributed by atoms with van der Waals surface area (Å²) in [5.74, 6) is -0.547. The van der Waals surface area contributed by atoms with Gasteiger partial charge in [0.25, 0.3) is 5.91 Å². The molecule has 0 unspecified atom stereocenters.